The molecule has 0 aliphatic carbocycles. The van der Waals surface area contributed by atoms with Crippen molar-refractivity contribution in [2.24, 2.45) is 0 Å². The Kier molecular flexibility index (Phi) is 3.33. The molecule has 0 bridgehead atoms. The Morgan fingerprint density at radius 1 is 1.21 bits per heavy atom. The van der Waals surface area contributed by atoms with Gasteiger partial charge in [-0.2, -0.15) is 13.2 Å². The van der Waals surface area contributed by atoms with Crippen LogP contribution >= 0.6 is 0 Å². The van der Waals surface area contributed by atoms with Gasteiger partial charge in [0.15, 0.2) is 0 Å². The van der Waals surface area contributed by atoms with Gasteiger partial charge in [-0.25, -0.2) is 4.98 Å². The molecule has 0 saturated carbocycles. The van der Waals surface area contributed by atoms with E-state index in [9.17, 15) is 13.2 Å². The van der Waals surface area contributed by atoms with Crippen LogP contribution in [0.3, 0.4) is 0 Å². The minimum Gasteiger partial charge on any atom is -0.438 e. The molecule has 1 aromatic heterocycles. The summed E-state index contributed by atoms with van der Waals surface area (Å²) in [6, 6.07) is 6.90. The molecule has 2 aromatic rings. The lowest BCUT2D eigenvalue weighted by Crippen LogP contribution is -2.08. The summed E-state index contributed by atoms with van der Waals surface area (Å²) in [5, 5.41) is 0. The number of anilines is 1. The van der Waals surface area contributed by atoms with Crippen LogP contribution in [-0.2, 0) is 6.18 Å². The largest absolute Gasteiger partial charge is 0.438 e. The molecule has 3 nitrogen and oxygen atoms in total. The summed E-state index contributed by atoms with van der Waals surface area (Å²) in [5.74, 6) is -0.229. The Morgan fingerprint density at radius 3 is 2.63 bits per heavy atom. The Morgan fingerprint density at radius 2 is 1.95 bits per heavy atom. The van der Waals surface area contributed by atoms with E-state index in [1.807, 2.05) is 0 Å². The SMILES string of the molecule is Cc1ccc(N)cc1Oc1ncccc1C(F)(F)F. The second-order valence-corrected chi connectivity index (χ2v) is 3.98. The lowest BCUT2D eigenvalue weighted by Gasteiger charge is -2.13. The van der Waals surface area contributed by atoms with Crippen LogP contribution in [0.1, 0.15) is 11.1 Å². The molecular formula is C13H11F3N2O. The molecule has 0 radical (unpaired) electrons. The number of aromatic nitrogens is 1. The van der Waals surface area contributed by atoms with Gasteiger partial charge in [0.25, 0.3) is 0 Å². The Bertz CT molecular complexity index is 597. The van der Waals surface area contributed by atoms with Crippen molar-refractivity contribution in [3.63, 3.8) is 0 Å². The highest BCUT2D eigenvalue weighted by Gasteiger charge is 2.35. The van der Waals surface area contributed by atoms with E-state index in [0.29, 0.717) is 11.3 Å². The smallest absolute Gasteiger partial charge is 0.421 e. The second kappa shape index (κ2) is 4.79. The third-order valence-electron chi connectivity index (χ3n) is 2.50. The van der Waals surface area contributed by atoms with Crippen LogP contribution in [-0.4, -0.2) is 4.98 Å². The molecule has 19 heavy (non-hydrogen) atoms. The highest BCUT2D eigenvalue weighted by Crippen LogP contribution is 2.37. The zero-order chi connectivity index (χ0) is 14.0. The quantitative estimate of drug-likeness (QED) is 0.843. The summed E-state index contributed by atoms with van der Waals surface area (Å²) in [7, 11) is 0. The third kappa shape index (κ3) is 2.96. The molecule has 0 spiro atoms. The average molecular weight is 268 g/mol. The summed E-state index contributed by atoms with van der Waals surface area (Å²) in [5.41, 5.74) is 5.74. The molecule has 0 aliphatic rings. The molecule has 1 heterocycles. The van der Waals surface area contributed by atoms with Crippen molar-refractivity contribution in [3.05, 3.63) is 47.7 Å². The van der Waals surface area contributed by atoms with Crippen LogP contribution in [0.15, 0.2) is 36.5 Å². The number of benzene rings is 1. The van der Waals surface area contributed by atoms with Gasteiger partial charge in [0.1, 0.15) is 11.3 Å². The number of pyridine rings is 1. The van der Waals surface area contributed by atoms with E-state index in [4.69, 9.17) is 10.5 Å². The van der Waals surface area contributed by atoms with Gasteiger partial charge in [-0.15, -0.1) is 0 Å². The van der Waals surface area contributed by atoms with Crippen molar-refractivity contribution in [3.8, 4) is 11.6 Å². The standard InChI is InChI=1S/C13H11F3N2O/c1-8-4-5-9(17)7-11(8)19-12-10(13(14,15)16)3-2-6-18-12/h2-7H,17H2,1H3. The fourth-order valence-electron chi connectivity index (χ4n) is 1.52. The molecular weight excluding hydrogens is 257 g/mol. The van der Waals surface area contributed by atoms with Crippen molar-refractivity contribution < 1.29 is 17.9 Å². The number of aryl methyl sites for hydroxylation is 1. The van der Waals surface area contributed by atoms with E-state index in [1.165, 1.54) is 18.3 Å². The van der Waals surface area contributed by atoms with Gasteiger partial charge >= 0.3 is 6.18 Å². The average Bonchev–Trinajstić information content (AvgIpc) is 2.33. The van der Waals surface area contributed by atoms with E-state index in [1.54, 1.807) is 19.1 Å². The molecule has 100 valence electrons. The third-order valence-corrected chi connectivity index (χ3v) is 2.50. The molecule has 0 atom stereocenters. The van der Waals surface area contributed by atoms with Gasteiger partial charge in [-0.3, -0.25) is 0 Å². The highest BCUT2D eigenvalue weighted by atomic mass is 19.4. The summed E-state index contributed by atoms with van der Waals surface area (Å²) in [6.45, 7) is 1.71. The first-order valence-corrected chi connectivity index (χ1v) is 5.44. The molecule has 0 aliphatic heterocycles. The van der Waals surface area contributed by atoms with Crippen molar-refractivity contribution >= 4 is 5.69 Å². The van der Waals surface area contributed by atoms with E-state index in [2.05, 4.69) is 4.98 Å². The predicted octanol–water partition coefficient (Wildman–Crippen LogP) is 3.78. The van der Waals surface area contributed by atoms with Crippen LogP contribution in [0.5, 0.6) is 11.6 Å². The zero-order valence-electron chi connectivity index (χ0n) is 10.0. The van der Waals surface area contributed by atoms with Crippen molar-refractivity contribution in [2.75, 3.05) is 5.73 Å². The van der Waals surface area contributed by atoms with Gasteiger partial charge in [-0.05, 0) is 30.7 Å². The van der Waals surface area contributed by atoms with Crippen LogP contribution in [0.4, 0.5) is 18.9 Å². The second-order valence-electron chi connectivity index (χ2n) is 3.98. The minimum absolute atomic E-state index is 0.254. The van der Waals surface area contributed by atoms with Crippen molar-refractivity contribution in [1.29, 1.82) is 0 Å². The lowest BCUT2D eigenvalue weighted by atomic mass is 10.2. The number of alkyl halides is 3. The van der Waals surface area contributed by atoms with E-state index < -0.39 is 17.6 Å². The summed E-state index contributed by atoms with van der Waals surface area (Å²) in [6.07, 6.45) is -3.27. The molecule has 1 aromatic carbocycles. The van der Waals surface area contributed by atoms with Crippen molar-refractivity contribution in [1.82, 2.24) is 4.98 Å². The number of nitrogens with two attached hydrogens (primary N) is 1. The topological polar surface area (TPSA) is 48.1 Å². The summed E-state index contributed by atoms with van der Waals surface area (Å²) >= 11 is 0. The van der Waals surface area contributed by atoms with Crippen LogP contribution in [0, 0.1) is 6.92 Å². The monoisotopic (exact) mass is 268 g/mol. The summed E-state index contributed by atoms with van der Waals surface area (Å²) < 4.78 is 43.6. The van der Waals surface area contributed by atoms with E-state index >= 15 is 0 Å². The van der Waals surface area contributed by atoms with E-state index in [0.717, 1.165) is 6.07 Å². The maximum Gasteiger partial charge on any atom is 0.421 e. The number of rotatable bonds is 2. The Balaban J connectivity index is 2.41. The fourth-order valence-corrected chi connectivity index (χ4v) is 1.52. The van der Waals surface area contributed by atoms with Gasteiger partial charge < -0.3 is 10.5 Å². The number of nitrogens with zero attached hydrogens (tertiary/aromatic N) is 1. The molecule has 0 saturated heterocycles. The number of ether oxygens (including phenoxy) is 1. The van der Waals surface area contributed by atoms with Gasteiger partial charge in [0.2, 0.25) is 5.88 Å². The van der Waals surface area contributed by atoms with Crippen LogP contribution < -0.4 is 10.5 Å². The number of nitrogen functional groups attached to an aromatic ring is 1. The first-order chi connectivity index (χ1) is 8.88. The zero-order valence-corrected chi connectivity index (χ0v) is 10.0. The van der Waals surface area contributed by atoms with Crippen LogP contribution in [0.2, 0.25) is 0 Å². The molecule has 2 N–H and O–H groups in total. The normalized spacial score (nSPS) is 11.4. The lowest BCUT2D eigenvalue weighted by molar-refractivity contribution is -0.138. The van der Waals surface area contributed by atoms with Gasteiger partial charge in [-0.1, -0.05) is 6.07 Å². The maximum absolute atomic E-state index is 12.8. The van der Waals surface area contributed by atoms with E-state index in [-0.39, 0.29) is 5.75 Å². The molecule has 0 unspecified atom stereocenters. The summed E-state index contributed by atoms with van der Waals surface area (Å²) in [4.78, 5) is 3.63. The maximum atomic E-state index is 12.8. The first-order valence-electron chi connectivity index (χ1n) is 5.44. The number of hydrogen-bond acceptors (Lipinski definition) is 3. The Hall–Kier alpha value is -2.24. The molecule has 0 fully saturated rings. The molecule has 0 amide bonds. The van der Waals surface area contributed by atoms with Gasteiger partial charge in [0.05, 0.1) is 0 Å². The van der Waals surface area contributed by atoms with Gasteiger partial charge in [0, 0.05) is 18.0 Å². The van der Waals surface area contributed by atoms with Crippen LogP contribution in [0.25, 0.3) is 0 Å². The first kappa shape index (κ1) is 13.2. The van der Waals surface area contributed by atoms with Crippen molar-refractivity contribution in [2.45, 2.75) is 13.1 Å². The number of hydrogen-bond donors (Lipinski definition) is 1. The fraction of sp³-hybridized carbons (Fsp3) is 0.154. The highest BCUT2D eigenvalue weighted by molar-refractivity contribution is 5.49. The number of halogens is 3. The molecule has 2 rings (SSSR count). The molecule has 6 heteroatoms. The predicted molar refractivity (Wildman–Crippen MR) is 64.9 cm³/mol. The Labute approximate surface area is 107 Å². The minimum atomic E-state index is -4.52.